The normalized spacial score (nSPS) is 21.5. The third-order valence-corrected chi connectivity index (χ3v) is 6.81. The van der Waals surface area contributed by atoms with Crippen molar-refractivity contribution in [3.63, 3.8) is 0 Å². The van der Waals surface area contributed by atoms with E-state index < -0.39 is 23.6 Å². The van der Waals surface area contributed by atoms with Crippen LogP contribution in [0.2, 0.25) is 0 Å². The smallest absolute Gasteiger partial charge is 0.371 e. The molecule has 35 heavy (non-hydrogen) atoms. The molecule has 2 aliphatic heterocycles. The van der Waals surface area contributed by atoms with Crippen LogP contribution < -0.4 is 15.5 Å². The van der Waals surface area contributed by atoms with E-state index in [0.29, 0.717) is 6.04 Å². The zero-order chi connectivity index (χ0) is 24.8. The molecule has 2 aromatic rings. The molecule has 0 saturated carbocycles. The van der Waals surface area contributed by atoms with Crippen molar-refractivity contribution in [1.29, 1.82) is 0 Å². The number of nitrogens with zero attached hydrogens (tertiary/aromatic N) is 2. The Balaban J connectivity index is 1.21. The molecule has 2 heterocycles. The molecule has 188 valence electrons. The van der Waals surface area contributed by atoms with Gasteiger partial charge >= 0.3 is 6.18 Å². The van der Waals surface area contributed by atoms with Gasteiger partial charge in [0.25, 0.3) is 5.91 Å². The van der Waals surface area contributed by atoms with E-state index in [1.54, 1.807) is 0 Å². The molecule has 4 rings (SSSR count). The van der Waals surface area contributed by atoms with Gasteiger partial charge in [-0.15, -0.1) is 0 Å². The number of anilines is 1. The maximum atomic E-state index is 12.9. The number of benzene rings is 2. The van der Waals surface area contributed by atoms with Crippen molar-refractivity contribution in [1.82, 2.24) is 15.5 Å². The molecule has 2 atom stereocenters. The number of nitrogens with one attached hydrogen (secondary N) is 2. The topological polar surface area (TPSA) is 64.7 Å². The van der Waals surface area contributed by atoms with Crippen molar-refractivity contribution in [2.24, 2.45) is 0 Å². The molecule has 0 aliphatic carbocycles. The lowest BCUT2D eigenvalue weighted by atomic mass is 10.1. The van der Waals surface area contributed by atoms with E-state index in [1.165, 1.54) is 11.8 Å². The zero-order valence-electron chi connectivity index (χ0n) is 19.6. The highest BCUT2D eigenvalue weighted by Crippen LogP contribution is 2.29. The molecule has 1 unspecified atom stereocenters. The molecule has 9 heteroatoms. The third kappa shape index (κ3) is 6.82. The number of alkyl halides is 3. The molecule has 0 radical (unpaired) electrons. The Hall–Kier alpha value is -2.91. The Kier molecular flexibility index (Phi) is 8.07. The van der Waals surface area contributed by atoms with Gasteiger partial charge in [-0.2, -0.15) is 13.2 Å². The summed E-state index contributed by atoms with van der Waals surface area (Å²) < 4.78 is 38.6. The summed E-state index contributed by atoms with van der Waals surface area (Å²) in [5.41, 5.74) is 0.144. The maximum Gasteiger partial charge on any atom is 0.416 e. The van der Waals surface area contributed by atoms with Crippen LogP contribution in [0.5, 0.6) is 0 Å². The van der Waals surface area contributed by atoms with Crippen LogP contribution in [0.15, 0.2) is 54.6 Å². The van der Waals surface area contributed by atoms with Crippen molar-refractivity contribution in [3.05, 3.63) is 65.7 Å². The Bertz CT molecular complexity index is 1020. The van der Waals surface area contributed by atoms with Crippen LogP contribution >= 0.6 is 0 Å². The fourth-order valence-electron chi connectivity index (χ4n) is 4.94. The summed E-state index contributed by atoms with van der Waals surface area (Å²) in [4.78, 5) is 29.4. The number of para-hydroxylation sites is 1. The highest BCUT2D eigenvalue weighted by Gasteiger charge is 2.32. The minimum absolute atomic E-state index is 0.0599. The van der Waals surface area contributed by atoms with E-state index in [1.807, 2.05) is 6.07 Å². The average Bonchev–Trinajstić information content (AvgIpc) is 3.19. The lowest BCUT2D eigenvalue weighted by molar-refractivity contribution is -0.137. The maximum absolute atomic E-state index is 12.9. The van der Waals surface area contributed by atoms with Gasteiger partial charge < -0.3 is 10.2 Å². The predicted octanol–water partition coefficient (Wildman–Crippen LogP) is 3.68. The number of halogens is 3. The van der Waals surface area contributed by atoms with Crippen LogP contribution in [0.25, 0.3) is 0 Å². The van der Waals surface area contributed by atoms with Crippen molar-refractivity contribution < 1.29 is 22.8 Å². The molecule has 6 nitrogen and oxygen atoms in total. The molecule has 2 aromatic carbocycles. The first-order chi connectivity index (χ1) is 16.8. The van der Waals surface area contributed by atoms with Gasteiger partial charge in [0.15, 0.2) is 0 Å². The summed E-state index contributed by atoms with van der Waals surface area (Å²) in [7, 11) is 0. The molecule has 0 bridgehead atoms. The number of imide groups is 1. The van der Waals surface area contributed by atoms with E-state index in [4.69, 9.17) is 0 Å². The van der Waals surface area contributed by atoms with Crippen LogP contribution in [-0.2, 0) is 11.0 Å². The minimum atomic E-state index is -4.55. The molecule has 0 spiro atoms. The number of hydrogen-bond donors (Lipinski definition) is 2. The van der Waals surface area contributed by atoms with E-state index in [0.717, 1.165) is 70.1 Å². The number of amides is 2. The van der Waals surface area contributed by atoms with Crippen molar-refractivity contribution >= 4 is 17.5 Å². The first-order valence-corrected chi connectivity index (χ1v) is 12.1. The van der Waals surface area contributed by atoms with Gasteiger partial charge in [0.05, 0.1) is 12.1 Å². The number of carbonyl (C=O) groups is 2. The first kappa shape index (κ1) is 25.2. The van der Waals surface area contributed by atoms with Crippen LogP contribution in [0.1, 0.15) is 41.6 Å². The zero-order valence-corrected chi connectivity index (χ0v) is 19.6. The summed E-state index contributed by atoms with van der Waals surface area (Å²) in [6.07, 6.45) is -0.273. The molecule has 2 N–H and O–H groups in total. The third-order valence-electron chi connectivity index (χ3n) is 6.81. The standard InChI is InChI=1S/C26H31F3N4O2/c27-26(28,29)20-7-4-6-19(16-20)25(35)31-24(34)17-30-21-11-14-33(18-21)23-10-5-13-32(15-12-23)22-8-2-1-3-9-22/h1-4,6-9,16,21,23,30H,5,10-15,17-18H2,(H,31,34,35)/t21-,23?/m1/s1. The first-order valence-electron chi connectivity index (χ1n) is 12.1. The van der Waals surface area contributed by atoms with Crippen molar-refractivity contribution in [2.45, 2.75) is 43.9 Å². The van der Waals surface area contributed by atoms with Crippen LogP contribution in [-0.4, -0.2) is 61.5 Å². The lowest BCUT2D eigenvalue weighted by Gasteiger charge is -2.27. The van der Waals surface area contributed by atoms with Gasteiger partial charge in [-0.05, 0) is 56.0 Å². The van der Waals surface area contributed by atoms with Gasteiger partial charge in [0.1, 0.15) is 0 Å². The lowest BCUT2D eigenvalue weighted by Crippen LogP contribution is -2.43. The summed E-state index contributed by atoms with van der Waals surface area (Å²) in [5.74, 6) is -1.39. The van der Waals surface area contributed by atoms with Gasteiger partial charge in [0, 0.05) is 49.5 Å². The quantitative estimate of drug-likeness (QED) is 0.650. The molecular formula is C26H31F3N4O2. The summed E-state index contributed by atoms with van der Waals surface area (Å²) in [6.45, 7) is 3.80. The van der Waals surface area contributed by atoms with E-state index in [-0.39, 0.29) is 18.2 Å². The summed E-state index contributed by atoms with van der Waals surface area (Å²) in [6, 6.07) is 15.2. The van der Waals surface area contributed by atoms with E-state index >= 15 is 0 Å². The molecule has 2 aliphatic rings. The van der Waals surface area contributed by atoms with Crippen molar-refractivity contribution in [2.75, 3.05) is 37.6 Å². The molecule has 0 aromatic heterocycles. The monoisotopic (exact) mass is 488 g/mol. The molecule has 2 saturated heterocycles. The number of rotatable bonds is 6. The van der Waals surface area contributed by atoms with Gasteiger partial charge in [0.2, 0.25) is 5.91 Å². The molecular weight excluding hydrogens is 457 g/mol. The molecule has 2 fully saturated rings. The van der Waals surface area contributed by atoms with Gasteiger partial charge in [-0.3, -0.25) is 19.8 Å². The Morgan fingerprint density at radius 3 is 2.51 bits per heavy atom. The average molecular weight is 489 g/mol. The minimum Gasteiger partial charge on any atom is -0.371 e. The second-order valence-corrected chi connectivity index (χ2v) is 9.22. The fraction of sp³-hybridized carbons (Fsp3) is 0.462. The second kappa shape index (κ2) is 11.2. The highest BCUT2D eigenvalue weighted by molar-refractivity contribution is 6.05. The van der Waals surface area contributed by atoms with Crippen LogP contribution in [0, 0.1) is 0 Å². The second-order valence-electron chi connectivity index (χ2n) is 9.22. The predicted molar refractivity (Wildman–Crippen MR) is 128 cm³/mol. The molecule has 2 amide bonds. The van der Waals surface area contributed by atoms with E-state index in [2.05, 4.69) is 44.7 Å². The van der Waals surface area contributed by atoms with Crippen molar-refractivity contribution in [3.8, 4) is 0 Å². The Morgan fingerprint density at radius 1 is 0.943 bits per heavy atom. The van der Waals surface area contributed by atoms with Crippen LogP contribution in [0.3, 0.4) is 0 Å². The van der Waals surface area contributed by atoms with Crippen LogP contribution in [0.4, 0.5) is 18.9 Å². The SMILES string of the molecule is O=C(CN[C@@H]1CCN(C2CCCN(c3ccccc3)CC2)C1)NC(=O)c1cccc(C(F)(F)F)c1. The number of likely N-dealkylation sites (tertiary alicyclic amines) is 1. The van der Waals surface area contributed by atoms with Gasteiger partial charge in [-0.25, -0.2) is 0 Å². The highest BCUT2D eigenvalue weighted by atomic mass is 19.4. The number of hydrogen-bond acceptors (Lipinski definition) is 5. The largest absolute Gasteiger partial charge is 0.416 e. The van der Waals surface area contributed by atoms with Gasteiger partial charge in [-0.1, -0.05) is 24.3 Å². The van der Waals surface area contributed by atoms with E-state index in [9.17, 15) is 22.8 Å². The Labute approximate surface area is 203 Å². The fourth-order valence-corrected chi connectivity index (χ4v) is 4.94. The number of carbonyl (C=O) groups excluding carboxylic acids is 2. The summed E-state index contributed by atoms with van der Waals surface area (Å²) >= 11 is 0. The summed E-state index contributed by atoms with van der Waals surface area (Å²) in [5, 5.41) is 5.37. The Morgan fingerprint density at radius 2 is 1.74 bits per heavy atom.